The van der Waals surface area contributed by atoms with E-state index < -0.39 is 0 Å². The van der Waals surface area contributed by atoms with E-state index in [-0.39, 0.29) is 5.56 Å². The van der Waals surface area contributed by atoms with E-state index in [1.165, 1.54) is 0 Å². The summed E-state index contributed by atoms with van der Waals surface area (Å²) in [7, 11) is 0. The van der Waals surface area contributed by atoms with Crippen LogP contribution in [-0.2, 0) is 11.3 Å². The molecule has 3 rings (SSSR count). The van der Waals surface area contributed by atoms with E-state index in [1.54, 1.807) is 22.6 Å². The summed E-state index contributed by atoms with van der Waals surface area (Å²) < 4.78 is 12.8. The van der Waals surface area contributed by atoms with Crippen LogP contribution in [0.5, 0.6) is 0 Å². The Kier molecular flexibility index (Phi) is 6.52. The first-order chi connectivity index (χ1) is 12.6. The average Bonchev–Trinajstić information content (AvgIpc) is 3.14. The van der Waals surface area contributed by atoms with Gasteiger partial charge in [-0.15, -0.1) is 0 Å². The van der Waals surface area contributed by atoms with E-state index in [0.717, 1.165) is 30.1 Å². The number of aromatic nitrogens is 2. The predicted octanol–water partition coefficient (Wildman–Crippen LogP) is 4.19. The summed E-state index contributed by atoms with van der Waals surface area (Å²) in [6.07, 6.45) is 2.67. The van der Waals surface area contributed by atoms with Crippen molar-refractivity contribution in [2.24, 2.45) is 5.92 Å². The quantitative estimate of drug-likeness (QED) is 0.320. The Morgan fingerprint density at radius 1 is 1.19 bits per heavy atom. The maximum Gasteiger partial charge on any atom is 0.262 e. The molecule has 0 fully saturated rings. The number of ether oxygens (including phenoxy) is 1. The van der Waals surface area contributed by atoms with Crippen LogP contribution in [0.25, 0.3) is 10.9 Å². The summed E-state index contributed by atoms with van der Waals surface area (Å²) in [6.45, 7) is 6.15. The van der Waals surface area contributed by atoms with Gasteiger partial charge in [0.1, 0.15) is 5.76 Å². The van der Waals surface area contributed by atoms with Crippen molar-refractivity contribution in [3.63, 3.8) is 0 Å². The zero-order chi connectivity index (χ0) is 18.4. The number of nitrogens with zero attached hydrogens (tertiary/aromatic N) is 2. The third-order valence-electron chi connectivity index (χ3n) is 4.02. The summed E-state index contributed by atoms with van der Waals surface area (Å²) in [4.78, 5) is 17.6. The minimum absolute atomic E-state index is 0.0461. The Morgan fingerprint density at radius 3 is 2.81 bits per heavy atom. The van der Waals surface area contributed by atoms with E-state index in [4.69, 9.17) is 14.1 Å². The maximum atomic E-state index is 12.9. The van der Waals surface area contributed by atoms with Crippen LogP contribution in [0.2, 0.25) is 0 Å². The molecule has 0 aliphatic heterocycles. The molecular weight excluding hydrogens is 348 g/mol. The van der Waals surface area contributed by atoms with Gasteiger partial charge in [0.15, 0.2) is 5.16 Å². The molecule has 6 heteroatoms. The highest BCUT2D eigenvalue weighted by Crippen LogP contribution is 2.19. The van der Waals surface area contributed by atoms with E-state index in [0.29, 0.717) is 29.6 Å². The summed E-state index contributed by atoms with van der Waals surface area (Å²) in [5.74, 6) is 2.13. The van der Waals surface area contributed by atoms with Gasteiger partial charge in [-0.2, -0.15) is 0 Å². The Balaban J connectivity index is 1.77. The lowest BCUT2D eigenvalue weighted by Gasteiger charge is -2.12. The molecule has 3 aromatic rings. The lowest BCUT2D eigenvalue weighted by molar-refractivity contribution is 0.138. The topological polar surface area (TPSA) is 57.3 Å². The molecule has 0 radical (unpaired) electrons. The number of fused-ring (bicyclic) bond motifs is 1. The second-order valence-corrected chi connectivity index (χ2v) is 7.59. The molecular formula is C20H24N2O3S. The lowest BCUT2D eigenvalue weighted by atomic mass is 10.1. The molecule has 0 aliphatic rings. The van der Waals surface area contributed by atoms with Gasteiger partial charge < -0.3 is 9.15 Å². The number of benzene rings is 1. The molecule has 0 unspecified atom stereocenters. The van der Waals surface area contributed by atoms with Gasteiger partial charge in [0.05, 0.1) is 30.3 Å². The molecule has 0 bridgehead atoms. The molecule has 0 saturated heterocycles. The van der Waals surface area contributed by atoms with Crippen molar-refractivity contribution < 1.29 is 9.15 Å². The van der Waals surface area contributed by atoms with Gasteiger partial charge in [-0.05, 0) is 36.6 Å². The smallest absolute Gasteiger partial charge is 0.262 e. The molecule has 138 valence electrons. The van der Waals surface area contributed by atoms with Crippen LogP contribution in [0.4, 0.5) is 0 Å². The molecule has 1 aromatic carbocycles. The van der Waals surface area contributed by atoms with Crippen molar-refractivity contribution in [3.05, 3.63) is 58.8 Å². The Hall–Kier alpha value is -2.05. The lowest BCUT2D eigenvalue weighted by Crippen LogP contribution is -2.24. The fourth-order valence-electron chi connectivity index (χ4n) is 2.57. The number of hydrogen-bond acceptors (Lipinski definition) is 5. The highest BCUT2D eigenvalue weighted by Gasteiger charge is 2.13. The largest absolute Gasteiger partial charge is 0.467 e. The van der Waals surface area contributed by atoms with Crippen LogP contribution in [-0.4, -0.2) is 28.5 Å². The number of para-hydroxylation sites is 1. The zero-order valence-electron chi connectivity index (χ0n) is 15.2. The van der Waals surface area contributed by atoms with Crippen LogP contribution >= 0.6 is 11.8 Å². The highest BCUT2D eigenvalue weighted by molar-refractivity contribution is 7.99. The third kappa shape index (κ3) is 4.77. The van der Waals surface area contributed by atoms with Crippen LogP contribution in [0.1, 0.15) is 26.0 Å². The zero-order valence-corrected chi connectivity index (χ0v) is 16.0. The second kappa shape index (κ2) is 9.05. The number of hydrogen-bond donors (Lipinski definition) is 0. The van der Waals surface area contributed by atoms with Gasteiger partial charge in [-0.1, -0.05) is 37.7 Å². The molecule has 2 heterocycles. The average molecular weight is 372 g/mol. The van der Waals surface area contributed by atoms with Crippen LogP contribution in [0.3, 0.4) is 0 Å². The SMILES string of the molecule is CC(C)CCOCCSc1nc2ccccc2c(=O)n1Cc1ccco1. The molecule has 0 aliphatic carbocycles. The van der Waals surface area contributed by atoms with Crippen molar-refractivity contribution >= 4 is 22.7 Å². The molecule has 2 aromatic heterocycles. The second-order valence-electron chi connectivity index (χ2n) is 6.53. The van der Waals surface area contributed by atoms with Crippen molar-refractivity contribution in [3.8, 4) is 0 Å². The number of furan rings is 1. The standard InChI is InChI=1S/C20H24N2O3S/c1-15(2)9-11-24-12-13-26-20-21-18-8-4-3-7-17(18)19(23)22(20)14-16-6-5-10-25-16/h3-8,10,15H,9,11-14H2,1-2H3. The number of rotatable bonds is 9. The third-order valence-corrected chi connectivity index (χ3v) is 4.96. The molecule has 0 N–H and O–H groups in total. The molecule has 0 amide bonds. The van der Waals surface area contributed by atoms with Gasteiger partial charge >= 0.3 is 0 Å². The predicted molar refractivity (Wildman–Crippen MR) is 105 cm³/mol. The van der Waals surface area contributed by atoms with Crippen LogP contribution in [0, 0.1) is 5.92 Å². The molecule has 5 nitrogen and oxygen atoms in total. The van der Waals surface area contributed by atoms with Gasteiger partial charge in [0.2, 0.25) is 0 Å². The van der Waals surface area contributed by atoms with Gasteiger partial charge in [0, 0.05) is 12.4 Å². The van der Waals surface area contributed by atoms with E-state index in [2.05, 4.69) is 13.8 Å². The number of thioether (sulfide) groups is 1. The Bertz CT molecular complexity index is 888. The van der Waals surface area contributed by atoms with E-state index >= 15 is 0 Å². The Morgan fingerprint density at radius 2 is 2.04 bits per heavy atom. The van der Waals surface area contributed by atoms with Crippen LogP contribution < -0.4 is 5.56 Å². The summed E-state index contributed by atoms with van der Waals surface area (Å²) in [5.41, 5.74) is 0.673. The maximum absolute atomic E-state index is 12.9. The fourth-order valence-corrected chi connectivity index (χ4v) is 3.42. The van der Waals surface area contributed by atoms with Crippen molar-refractivity contribution in [2.75, 3.05) is 19.0 Å². The fraction of sp³-hybridized carbons (Fsp3) is 0.400. The van der Waals surface area contributed by atoms with E-state index in [9.17, 15) is 4.79 Å². The van der Waals surface area contributed by atoms with Crippen molar-refractivity contribution in [1.29, 1.82) is 0 Å². The summed E-state index contributed by atoms with van der Waals surface area (Å²) in [6, 6.07) is 11.1. The van der Waals surface area contributed by atoms with Gasteiger partial charge in [-0.3, -0.25) is 9.36 Å². The van der Waals surface area contributed by atoms with Crippen LogP contribution in [0.15, 0.2) is 57.0 Å². The van der Waals surface area contributed by atoms with Crippen molar-refractivity contribution in [1.82, 2.24) is 9.55 Å². The highest BCUT2D eigenvalue weighted by atomic mass is 32.2. The van der Waals surface area contributed by atoms with Gasteiger partial charge in [-0.25, -0.2) is 4.98 Å². The molecule has 26 heavy (non-hydrogen) atoms. The minimum Gasteiger partial charge on any atom is -0.467 e. The van der Waals surface area contributed by atoms with Gasteiger partial charge in [0.25, 0.3) is 5.56 Å². The first-order valence-electron chi connectivity index (χ1n) is 8.87. The summed E-state index contributed by atoms with van der Waals surface area (Å²) in [5, 5.41) is 1.31. The summed E-state index contributed by atoms with van der Waals surface area (Å²) >= 11 is 1.54. The molecule has 0 spiro atoms. The monoisotopic (exact) mass is 372 g/mol. The minimum atomic E-state index is -0.0461. The Labute approximate surface area is 157 Å². The van der Waals surface area contributed by atoms with E-state index in [1.807, 2.05) is 36.4 Å². The first kappa shape index (κ1) is 18.7. The molecule has 0 atom stereocenters. The normalized spacial score (nSPS) is 11.5. The molecule has 0 saturated carbocycles. The van der Waals surface area contributed by atoms with Crippen molar-refractivity contribution in [2.45, 2.75) is 32.0 Å². The first-order valence-corrected chi connectivity index (χ1v) is 9.86.